The highest BCUT2D eigenvalue weighted by molar-refractivity contribution is 6.31. The zero-order valence-corrected chi connectivity index (χ0v) is 20.6. The van der Waals surface area contributed by atoms with E-state index in [1.807, 2.05) is 6.07 Å². The van der Waals surface area contributed by atoms with Crippen LogP contribution in [0.4, 0.5) is 5.69 Å². The molecule has 1 aromatic heterocycles. The predicted molar refractivity (Wildman–Crippen MR) is 135 cm³/mol. The SMILES string of the molecule is COCCC(C(=O)Cc1ccc2c(c1)CC(=O)N2)n1cc(OC)c(-c2cc(Cl)ccc2C#N)cc1=O. The summed E-state index contributed by atoms with van der Waals surface area (Å²) >= 11 is 6.15. The number of nitriles is 1. The average Bonchev–Trinajstić information content (AvgIpc) is 3.24. The number of benzene rings is 2. The molecule has 2 aromatic carbocycles. The molecule has 1 amide bonds. The van der Waals surface area contributed by atoms with Gasteiger partial charge in [0.05, 0.1) is 37.4 Å². The molecule has 36 heavy (non-hydrogen) atoms. The first kappa shape index (κ1) is 25.2. The minimum absolute atomic E-state index is 0.0792. The van der Waals surface area contributed by atoms with Gasteiger partial charge in [0.25, 0.3) is 5.56 Å². The number of aromatic nitrogens is 1. The summed E-state index contributed by atoms with van der Waals surface area (Å²) in [7, 11) is 2.98. The van der Waals surface area contributed by atoms with Crippen LogP contribution in [0, 0.1) is 11.3 Å². The molecule has 0 radical (unpaired) electrons. The van der Waals surface area contributed by atoms with Crippen LogP contribution in [-0.4, -0.2) is 37.1 Å². The van der Waals surface area contributed by atoms with Crippen molar-refractivity contribution in [1.82, 2.24) is 4.57 Å². The number of ketones is 1. The number of rotatable bonds is 9. The van der Waals surface area contributed by atoms with Gasteiger partial charge in [-0.25, -0.2) is 0 Å². The summed E-state index contributed by atoms with van der Waals surface area (Å²) in [5.41, 5.74) is 3.14. The lowest BCUT2D eigenvalue weighted by molar-refractivity contribution is -0.122. The van der Waals surface area contributed by atoms with Gasteiger partial charge in [-0.05, 0) is 41.8 Å². The number of carbonyl (C=O) groups excluding carboxylic acids is 2. The Morgan fingerprint density at radius 1 is 1.17 bits per heavy atom. The monoisotopic (exact) mass is 505 g/mol. The second-order valence-electron chi connectivity index (χ2n) is 8.46. The number of Topliss-reactive ketones (excluding diaryl/α,β-unsaturated/α-hetero) is 1. The Morgan fingerprint density at radius 2 is 1.97 bits per heavy atom. The number of methoxy groups -OCH3 is 2. The molecule has 0 fully saturated rings. The topological polar surface area (TPSA) is 110 Å². The summed E-state index contributed by atoms with van der Waals surface area (Å²) in [5.74, 6) is 0.0665. The number of fused-ring (bicyclic) bond motifs is 1. The molecule has 0 saturated heterocycles. The van der Waals surface area contributed by atoms with Crippen molar-refractivity contribution in [1.29, 1.82) is 5.26 Å². The Bertz CT molecular complexity index is 1440. The Kier molecular flexibility index (Phi) is 7.53. The molecule has 9 heteroatoms. The maximum atomic E-state index is 13.4. The Labute approximate surface area is 213 Å². The second kappa shape index (κ2) is 10.8. The molecule has 1 aliphatic rings. The third-order valence-corrected chi connectivity index (χ3v) is 6.37. The van der Waals surface area contributed by atoms with E-state index in [2.05, 4.69) is 11.4 Å². The van der Waals surface area contributed by atoms with Crippen molar-refractivity contribution in [2.45, 2.75) is 25.3 Å². The maximum absolute atomic E-state index is 13.4. The Hall–Kier alpha value is -3.93. The van der Waals surface area contributed by atoms with E-state index in [4.69, 9.17) is 21.1 Å². The number of carbonyl (C=O) groups is 2. The Morgan fingerprint density at radius 3 is 2.69 bits per heavy atom. The van der Waals surface area contributed by atoms with Gasteiger partial charge in [0.2, 0.25) is 5.91 Å². The normalized spacial score (nSPS) is 13.0. The van der Waals surface area contributed by atoms with E-state index in [9.17, 15) is 19.6 Å². The quantitative estimate of drug-likeness (QED) is 0.471. The van der Waals surface area contributed by atoms with Crippen molar-refractivity contribution in [3.8, 4) is 22.9 Å². The van der Waals surface area contributed by atoms with Crippen LogP contribution in [0.5, 0.6) is 5.75 Å². The molecule has 0 spiro atoms. The van der Waals surface area contributed by atoms with Crippen LogP contribution in [0.2, 0.25) is 5.02 Å². The number of amides is 1. The number of nitrogens with zero attached hydrogens (tertiary/aromatic N) is 2. The van der Waals surface area contributed by atoms with E-state index in [-0.39, 0.29) is 37.6 Å². The summed E-state index contributed by atoms with van der Waals surface area (Å²) in [6.07, 6.45) is 2.13. The van der Waals surface area contributed by atoms with Crippen molar-refractivity contribution in [2.24, 2.45) is 0 Å². The number of ether oxygens (including phenoxy) is 2. The van der Waals surface area contributed by atoms with Gasteiger partial charge in [0, 0.05) is 48.0 Å². The standard InChI is InChI=1S/C27H24ClN3O5/c1-35-8-7-23(24(32)10-16-3-6-22-18(9-16)11-26(33)30-22)31-15-25(36-2)21(13-27(31)34)20-12-19(28)5-4-17(20)14-29/h3-6,9,12-13,15,23H,7-8,10-11H2,1-2H3,(H,30,33). The minimum atomic E-state index is -0.803. The molecule has 1 atom stereocenters. The van der Waals surface area contributed by atoms with Gasteiger partial charge in [-0.15, -0.1) is 0 Å². The fourth-order valence-electron chi connectivity index (χ4n) is 4.38. The molecule has 0 aliphatic carbocycles. The summed E-state index contributed by atoms with van der Waals surface area (Å²) in [4.78, 5) is 38.4. The van der Waals surface area contributed by atoms with Crippen molar-refractivity contribution in [3.63, 3.8) is 0 Å². The Balaban J connectivity index is 1.71. The van der Waals surface area contributed by atoms with Gasteiger partial charge in [0.1, 0.15) is 5.75 Å². The third-order valence-electron chi connectivity index (χ3n) is 6.13. The number of anilines is 1. The fraction of sp³-hybridized carbons (Fsp3) is 0.259. The number of halogens is 1. The number of hydrogen-bond acceptors (Lipinski definition) is 6. The highest BCUT2D eigenvalue weighted by Gasteiger charge is 2.25. The lowest BCUT2D eigenvalue weighted by Crippen LogP contribution is -2.31. The molecular weight excluding hydrogens is 482 g/mol. The molecule has 1 N–H and O–H groups in total. The van der Waals surface area contributed by atoms with Crippen LogP contribution in [0.15, 0.2) is 53.5 Å². The van der Waals surface area contributed by atoms with Crippen LogP contribution in [0.1, 0.15) is 29.2 Å². The van der Waals surface area contributed by atoms with E-state index >= 15 is 0 Å². The summed E-state index contributed by atoms with van der Waals surface area (Å²) in [5, 5.41) is 12.7. The average molecular weight is 506 g/mol. The highest BCUT2D eigenvalue weighted by atomic mass is 35.5. The lowest BCUT2D eigenvalue weighted by Gasteiger charge is -2.21. The molecule has 0 saturated carbocycles. The number of nitrogens with one attached hydrogen (secondary N) is 1. The largest absolute Gasteiger partial charge is 0.495 e. The minimum Gasteiger partial charge on any atom is -0.495 e. The van der Waals surface area contributed by atoms with Gasteiger partial charge in [-0.2, -0.15) is 5.26 Å². The van der Waals surface area contributed by atoms with Crippen LogP contribution in [-0.2, 0) is 27.2 Å². The molecule has 1 aliphatic heterocycles. The first-order valence-electron chi connectivity index (χ1n) is 11.3. The van der Waals surface area contributed by atoms with Gasteiger partial charge in [-0.3, -0.25) is 14.4 Å². The van der Waals surface area contributed by atoms with E-state index in [1.165, 1.54) is 31.0 Å². The maximum Gasteiger partial charge on any atom is 0.252 e. The molecule has 4 rings (SSSR count). The predicted octanol–water partition coefficient (Wildman–Crippen LogP) is 3.93. The van der Waals surface area contributed by atoms with Gasteiger partial charge < -0.3 is 19.4 Å². The zero-order valence-electron chi connectivity index (χ0n) is 19.8. The summed E-state index contributed by atoms with van der Waals surface area (Å²) in [6.45, 7) is 0.266. The molecule has 2 heterocycles. The van der Waals surface area contributed by atoms with Crippen molar-refractivity contribution >= 4 is 29.0 Å². The van der Waals surface area contributed by atoms with Gasteiger partial charge >= 0.3 is 0 Å². The number of pyridine rings is 1. The third kappa shape index (κ3) is 5.18. The molecular formula is C27H24ClN3O5. The number of hydrogen-bond donors (Lipinski definition) is 1. The smallest absolute Gasteiger partial charge is 0.252 e. The van der Waals surface area contributed by atoms with Crippen molar-refractivity contribution in [3.05, 3.63) is 80.7 Å². The van der Waals surface area contributed by atoms with Crippen LogP contribution >= 0.6 is 11.6 Å². The molecule has 1 unspecified atom stereocenters. The zero-order chi connectivity index (χ0) is 25.8. The summed E-state index contributed by atoms with van der Waals surface area (Å²) < 4.78 is 12.1. The van der Waals surface area contributed by atoms with E-state index < -0.39 is 11.6 Å². The van der Waals surface area contributed by atoms with Crippen molar-refractivity contribution < 1.29 is 19.1 Å². The molecule has 8 nitrogen and oxygen atoms in total. The van der Waals surface area contributed by atoms with Gasteiger partial charge in [0.15, 0.2) is 5.78 Å². The van der Waals surface area contributed by atoms with E-state index in [0.717, 1.165) is 16.8 Å². The molecule has 0 bridgehead atoms. The van der Waals surface area contributed by atoms with Gasteiger partial charge in [-0.1, -0.05) is 23.7 Å². The van der Waals surface area contributed by atoms with Crippen LogP contribution in [0.3, 0.4) is 0 Å². The molecule has 3 aromatic rings. The highest BCUT2D eigenvalue weighted by Crippen LogP contribution is 2.34. The van der Waals surface area contributed by atoms with Crippen molar-refractivity contribution in [2.75, 3.05) is 26.1 Å². The summed E-state index contributed by atoms with van der Waals surface area (Å²) in [6, 6.07) is 12.9. The van der Waals surface area contributed by atoms with Crippen LogP contribution in [0.25, 0.3) is 11.1 Å². The fourth-order valence-corrected chi connectivity index (χ4v) is 4.55. The first-order chi connectivity index (χ1) is 17.3. The van der Waals surface area contributed by atoms with Crippen LogP contribution < -0.4 is 15.6 Å². The lowest BCUT2D eigenvalue weighted by atomic mass is 9.98. The second-order valence-corrected chi connectivity index (χ2v) is 8.90. The van der Waals surface area contributed by atoms with E-state index in [0.29, 0.717) is 27.5 Å². The first-order valence-corrected chi connectivity index (χ1v) is 11.7. The van der Waals surface area contributed by atoms with E-state index in [1.54, 1.807) is 30.3 Å². The molecule has 184 valence electrons.